The number of esters is 1. The fourth-order valence-corrected chi connectivity index (χ4v) is 6.42. The van der Waals surface area contributed by atoms with E-state index >= 15 is 0 Å². The molecule has 0 aromatic heterocycles. The minimum atomic E-state index is -0.185. The lowest BCUT2D eigenvalue weighted by molar-refractivity contribution is -0.126. The quantitative estimate of drug-likeness (QED) is 0.654. The molecule has 0 saturated heterocycles. The van der Waals surface area contributed by atoms with E-state index in [1.807, 2.05) is 36.4 Å². The summed E-state index contributed by atoms with van der Waals surface area (Å²) in [7, 11) is 0. The largest absolute Gasteiger partial charge is 0.453 e. The molecule has 134 valence electrons. The number of ether oxygens (including phenoxy) is 1. The third-order valence-corrected chi connectivity index (χ3v) is 6.98. The van der Waals surface area contributed by atoms with Crippen LogP contribution in [0, 0.1) is 23.2 Å². The Morgan fingerprint density at radius 2 is 1.31 bits per heavy atom. The zero-order valence-corrected chi connectivity index (χ0v) is 15.1. The van der Waals surface area contributed by atoms with Gasteiger partial charge in [-0.3, -0.25) is 0 Å². The van der Waals surface area contributed by atoms with E-state index in [-0.39, 0.29) is 17.5 Å². The maximum Gasteiger partial charge on any atom is 0.338 e. The summed E-state index contributed by atoms with van der Waals surface area (Å²) < 4.78 is 6.27. The number of hydrogen-bond donors (Lipinski definition) is 0. The van der Waals surface area contributed by atoms with Crippen LogP contribution in [0.5, 0.6) is 0 Å². The zero-order valence-electron chi connectivity index (χ0n) is 15.1. The molecule has 26 heavy (non-hydrogen) atoms. The Bertz CT molecular complexity index is 745. The van der Waals surface area contributed by atoms with E-state index in [9.17, 15) is 4.79 Å². The molecule has 2 aromatic rings. The standard InChI is InChI=1S/C24H26O2/c25-23(21-9-5-2-6-10-21)26-22(20-7-3-1-4-8-20)24-14-17-11-18(15-24)13-19(12-17)16-24/h1-10,17-19,22H,11-16H2. The molecule has 4 aliphatic carbocycles. The second kappa shape index (κ2) is 6.26. The van der Waals surface area contributed by atoms with Crippen molar-refractivity contribution >= 4 is 5.97 Å². The number of carbonyl (C=O) groups is 1. The van der Waals surface area contributed by atoms with E-state index < -0.39 is 0 Å². The predicted octanol–water partition coefficient (Wildman–Crippen LogP) is 5.80. The summed E-state index contributed by atoms with van der Waals surface area (Å²) in [6, 6.07) is 19.9. The fraction of sp³-hybridized carbons (Fsp3) is 0.458. The van der Waals surface area contributed by atoms with Crippen LogP contribution in [0.25, 0.3) is 0 Å². The Hall–Kier alpha value is -2.09. The monoisotopic (exact) mass is 346 g/mol. The van der Waals surface area contributed by atoms with Crippen LogP contribution in [0.3, 0.4) is 0 Å². The molecule has 0 spiro atoms. The lowest BCUT2D eigenvalue weighted by Crippen LogP contribution is -2.49. The second-order valence-electron chi connectivity index (χ2n) is 8.84. The maximum absolute atomic E-state index is 12.9. The first-order chi connectivity index (χ1) is 12.7. The summed E-state index contributed by atoms with van der Waals surface area (Å²) in [4.78, 5) is 12.9. The van der Waals surface area contributed by atoms with Gasteiger partial charge in [-0.05, 0) is 74.0 Å². The van der Waals surface area contributed by atoms with Crippen LogP contribution in [0.2, 0.25) is 0 Å². The average Bonchev–Trinajstić information content (AvgIpc) is 2.66. The molecular formula is C24H26O2. The summed E-state index contributed by atoms with van der Waals surface area (Å²) in [5, 5.41) is 0. The van der Waals surface area contributed by atoms with Gasteiger partial charge in [-0.1, -0.05) is 48.5 Å². The van der Waals surface area contributed by atoms with Crippen LogP contribution in [-0.4, -0.2) is 5.97 Å². The Morgan fingerprint density at radius 1 is 0.808 bits per heavy atom. The lowest BCUT2D eigenvalue weighted by atomic mass is 9.47. The smallest absolute Gasteiger partial charge is 0.338 e. The van der Waals surface area contributed by atoms with Crippen molar-refractivity contribution in [3.05, 3.63) is 71.8 Å². The molecule has 0 radical (unpaired) electrons. The molecule has 0 amide bonds. The Balaban J connectivity index is 1.50. The third kappa shape index (κ3) is 2.76. The van der Waals surface area contributed by atoms with E-state index in [2.05, 4.69) is 24.3 Å². The minimum absolute atomic E-state index is 0.121. The maximum atomic E-state index is 12.9. The summed E-state index contributed by atoms with van der Waals surface area (Å²) in [5.41, 5.74) is 1.96. The van der Waals surface area contributed by atoms with Crippen molar-refractivity contribution in [3.63, 3.8) is 0 Å². The van der Waals surface area contributed by atoms with Gasteiger partial charge >= 0.3 is 5.97 Å². The first kappa shape index (κ1) is 16.1. The van der Waals surface area contributed by atoms with Crippen LogP contribution in [-0.2, 0) is 4.74 Å². The van der Waals surface area contributed by atoms with Crippen molar-refractivity contribution in [2.75, 3.05) is 0 Å². The zero-order chi connectivity index (χ0) is 17.6. The molecule has 4 aliphatic rings. The van der Waals surface area contributed by atoms with Gasteiger partial charge in [0.25, 0.3) is 0 Å². The van der Waals surface area contributed by atoms with Crippen molar-refractivity contribution in [1.82, 2.24) is 0 Å². The molecule has 2 heteroatoms. The van der Waals surface area contributed by atoms with Crippen molar-refractivity contribution in [1.29, 1.82) is 0 Å². The lowest BCUT2D eigenvalue weighted by Gasteiger charge is -2.58. The molecule has 4 fully saturated rings. The Morgan fingerprint density at radius 3 is 1.85 bits per heavy atom. The Labute approximate surface area is 155 Å². The number of carbonyl (C=O) groups excluding carboxylic acids is 1. The fourth-order valence-electron chi connectivity index (χ4n) is 6.42. The Kier molecular flexibility index (Phi) is 3.88. The third-order valence-electron chi connectivity index (χ3n) is 6.98. The van der Waals surface area contributed by atoms with Crippen molar-refractivity contribution < 1.29 is 9.53 Å². The van der Waals surface area contributed by atoms with Gasteiger partial charge in [0, 0.05) is 5.41 Å². The summed E-state index contributed by atoms with van der Waals surface area (Å²) in [5.74, 6) is 2.32. The number of benzene rings is 2. The normalized spacial score (nSPS) is 33.0. The topological polar surface area (TPSA) is 26.3 Å². The van der Waals surface area contributed by atoms with Crippen LogP contribution < -0.4 is 0 Å². The van der Waals surface area contributed by atoms with Gasteiger partial charge in [0.1, 0.15) is 6.10 Å². The van der Waals surface area contributed by atoms with Crippen molar-refractivity contribution in [2.24, 2.45) is 23.2 Å². The summed E-state index contributed by atoms with van der Waals surface area (Å²) in [6.07, 6.45) is 7.74. The van der Waals surface area contributed by atoms with Crippen molar-refractivity contribution in [3.8, 4) is 0 Å². The van der Waals surface area contributed by atoms with Gasteiger partial charge in [-0.25, -0.2) is 4.79 Å². The highest BCUT2D eigenvalue weighted by Crippen LogP contribution is 2.64. The van der Waals surface area contributed by atoms with Crippen LogP contribution in [0.15, 0.2) is 60.7 Å². The van der Waals surface area contributed by atoms with E-state index in [0.29, 0.717) is 5.56 Å². The molecule has 0 aliphatic heterocycles. The SMILES string of the molecule is O=C(OC(c1ccccc1)C12CC3CC(CC(C3)C1)C2)c1ccccc1. The van der Waals surface area contributed by atoms with E-state index in [1.54, 1.807) is 0 Å². The predicted molar refractivity (Wildman–Crippen MR) is 102 cm³/mol. The van der Waals surface area contributed by atoms with E-state index in [0.717, 1.165) is 17.8 Å². The molecule has 1 atom stereocenters. The highest BCUT2D eigenvalue weighted by atomic mass is 16.5. The first-order valence-electron chi connectivity index (χ1n) is 10.0. The van der Waals surface area contributed by atoms with Crippen molar-refractivity contribution in [2.45, 2.75) is 44.6 Å². The molecule has 4 bridgehead atoms. The second-order valence-corrected chi connectivity index (χ2v) is 8.84. The minimum Gasteiger partial charge on any atom is -0.453 e. The van der Waals surface area contributed by atoms with Gasteiger partial charge in [0.15, 0.2) is 0 Å². The molecule has 0 N–H and O–H groups in total. The van der Waals surface area contributed by atoms with Gasteiger partial charge in [-0.15, -0.1) is 0 Å². The highest BCUT2D eigenvalue weighted by Gasteiger charge is 2.55. The molecule has 0 heterocycles. The van der Waals surface area contributed by atoms with E-state index in [1.165, 1.54) is 44.1 Å². The highest BCUT2D eigenvalue weighted by molar-refractivity contribution is 5.89. The van der Waals surface area contributed by atoms with Crippen LogP contribution in [0.4, 0.5) is 0 Å². The molecular weight excluding hydrogens is 320 g/mol. The van der Waals surface area contributed by atoms with Crippen LogP contribution in [0.1, 0.15) is 60.6 Å². The van der Waals surface area contributed by atoms with Gasteiger partial charge in [-0.2, -0.15) is 0 Å². The molecule has 1 unspecified atom stereocenters. The first-order valence-corrected chi connectivity index (χ1v) is 10.0. The van der Waals surface area contributed by atoms with Gasteiger partial charge in [0.2, 0.25) is 0 Å². The summed E-state index contributed by atoms with van der Waals surface area (Å²) in [6.45, 7) is 0. The number of hydrogen-bond acceptors (Lipinski definition) is 2. The summed E-state index contributed by atoms with van der Waals surface area (Å²) >= 11 is 0. The van der Waals surface area contributed by atoms with Gasteiger partial charge < -0.3 is 4.74 Å². The molecule has 6 rings (SSSR count). The van der Waals surface area contributed by atoms with Gasteiger partial charge in [0.05, 0.1) is 5.56 Å². The molecule has 2 aromatic carbocycles. The molecule has 2 nitrogen and oxygen atoms in total. The average molecular weight is 346 g/mol. The van der Waals surface area contributed by atoms with Crippen LogP contribution >= 0.6 is 0 Å². The van der Waals surface area contributed by atoms with E-state index in [4.69, 9.17) is 4.74 Å². The number of rotatable bonds is 4. The molecule has 4 saturated carbocycles.